The second-order valence-electron chi connectivity index (χ2n) is 4.70. The Hall–Kier alpha value is -2.04. The number of hydrogen-bond acceptors (Lipinski definition) is 3. The van der Waals surface area contributed by atoms with Crippen molar-refractivity contribution in [2.45, 2.75) is 19.8 Å². The number of anilines is 1. The molecule has 0 spiro atoms. The zero-order valence-electron chi connectivity index (χ0n) is 10.9. The van der Waals surface area contributed by atoms with Crippen LogP contribution in [0.5, 0.6) is 11.5 Å². The molecule has 0 heterocycles. The van der Waals surface area contributed by atoms with Crippen molar-refractivity contribution in [2.75, 3.05) is 12.8 Å². The number of halogens is 2. The number of aromatic hydroxyl groups is 1. The fourth-order valence-corrected chi connectivity index (χ4v) is 2.20. The molecule has 0 aromatic heterocycles. The van der Waals surface area contributed by atoms with Crippen LogP contribution in [0.4, 0.5) is 14.5 Å². The van der Waals surface area contributed by atoms with E-state index in [2.05, 4.69) is 0 Å². The van der Waals surface area contributed by atoms with Gasteiger partial charge in [-0.25, -0.2) is 4.39 Å². The van der Waals surface area contributed by atoms with E-state index in [-0.39, 0.29) is 17.1 Å². The highest BCUT2D eigenvalue weighted by Crippen LogP contribution is 2.42. The Morgan fingerprint density at radius 2 is 1.84 bits per heavy atom. The maximum atomic E-state index is 14.0. The van der Waals surface area contributed by atoms with Gasteiger partial charge in [0.1, 0.15) is 0 Å². The topological polar surface area (TPSA) is 55.5 Å². The first-order chi connectivity index (χ1) is 8.88. The van der Waals surface area contributed by atoms with Gasteiger partial charge in [-0.05, 0) is 23.6 Å². The van der Waals surface area contributed by atoms with Gasteiger partial charge < -0.3 is 15.6 Å². The van der Waals surface area contributed by atoms with Crippen molar-refractivity contribution in [3.63, 3.8) is 0 Å². The molecule has 0 radical (unpaired) electrons. The van der Waals surface area contributed by atoms with Crippen molar-refractivity contribution in [1.82, 2.24) is 0 Å². The summed E-state index contributed by atoms with van der Waals surface area (Å²) in [6.07, 6.45) is 0. The summed E-state index contributed by atoms with van der Waals surface area (Å²) >= 11 is 0. The predicted molar refractivity (Wildman–Crippen MR) is 70.6 cm³/mol. The lowest BCUT2D eigenvalue weighted by molar-refractivity contribution is 0.356. The first kappa shape index (κ1) is 13.4. The van der Waals surface area contributed by atoms with Crippen molar-refractivity contribution in [1.29, 1.82) is 0 Å². The number of fused-ring (bicyclic) bond motifs is 1. The number of phenolic OH excluding ortho intramolecular Hbond substituents is 1. The summed E-state index contributed by atoms with van der Waals surface area (Å²) < 4.78 is 32.9. The molecule has 102 valence electrons. The van der Waals surface area contributed by atoms with Gasteiger partial charge in [0.2, 0.25) is 5.82 Å². The molecule has 19 heavy (non-hydrogen) atoms. The number of ether oxygens (including phenoxy) is 1. The molecule has 0 aliphatic rings. The number of benzene rings is 2. The lowest BCUT2D eigenvalue weighted by Crippen LogP contribution is -2.00. The zero-order chi connectivity index (χ0) is 14.3. The monoisotopic (exact) mass is 267 g/mol. The Morgan fingerprint density at radius 1 is 1.21 bits per heavy atom. The fourth-order valence-electron chi connectivity index (χ4n) is 2.20. The minimum atomic E-state index is -1.10. The number of methoxy groups -OCH3 is 1. The quantitative estimate of drug-likeness (QED) is 0.818. The fraction of sp³-hybridized carbons (Fsp3) is 0.286. The molecule has 2 rings (SSSR count). The lowest BCUT2D eigenvalue weighted by atomic mass is 9.94. The molecule has 0 aliphatic carbocycles. The summed E-state index contributed by atoms with van der Waals surface area (Å²) in [6.45, 7) is 3.77. The SMILES string of the molecule is COc1c(F)c(O)c(F)c2cc(N)cc(C(C)C)c12. The molecule has 0 saturated carbocycles. The average Bonchev–Trinajstić information content (AvgIpc) is 2.36. The molecule has 0 atom stereocenters. The molecular formula is C14H15F2NO2. The Labute approximate surface area is 109 Å². The van der Waals surface area contributed by atoms with Crippen molar-refractivity contribution in [3.05, 3.63) is 29.3 Å². The van der Waals surface area contributed by atoms with E-state index >= 15 is 0 Å². The molecular weight excluding hydrogens is 252 g/mol. The highest BCUT2D eigenvalue weighted by atomic mass is 19.1. The Morgan fingerprint density at radius 3 is 2.37 bits per heavy atom. The van der Waals surface area contributed by atoms with E-state index in [1.54, 1.807) is 6.07 Å². The van der Waals surface area contributed by atoms with Crippen molar-refractivity contribution in [3.8, 4) is 11.5 Å². The summed E-state index contributed by atoms with van der Waals surface area (Å²) in [5.41, 5.74) is 6.75. The van der Waals surface area contributed by atoms with Crippen LogP contribution in [0.1, 0.15) is 25.3 Å². The molecule has 0 bridgehead atoms. The molecule has 3 N–H and O–H groups in total. The first-order valence-corrected chi connectivity index (χ1v) is 5.85. The average molecular weight is 267 g/mol. The Balaban J connectivity index is 3.06. The number of hydrogen-bond donors (Lipinski definition) is 2. The summed E-state index contributed by atoms with van der Waals surface area (Å²) in [7, 11) is 1.27. The van der Waals surface area contributed by atoms with Gasteiger partial charge in [-0.2, -0.15) is 4.39 Å². The zero-order valence-corrected chi connectivity index (χ0v) is 10.9. The van der Waals surface area contributed by atoms with Crippen LogP contribution in [-0.4, -0.2) is 12.2 Å². The molecule has 5 heteroatoms. The maximum Gasteiger partial charge on any atom is 0.210 e. The lowest BCUT2D eigenvalue weighted by Gasteiger charge is -2.16. The summed E-state index contributed by atoms with van der Waals surface area (Å²) in [6, 6.07) is 3.02. The van der Waals surface area contributed by atoms with Crippen LogP contribution in [0.3, 0.4) is 0 Å². The molecule has 0 saturated heterocycles. The van der Waals surface area contributed by atoms with Crippen LogP contribution in [-0.2, 0) is 0 Å². The molecule has 3 nitrogen and oxygen atoms in total. The van der Waals surface area contributed by atoms with Crippen LogP contribution >= 0.6 is 0 Å². The van der Waals surface area contributed by atoms with Crippen molar-refractivity contribution in [2.24, 2.45) is 0 Å². The Bertz CT molecular complexity index is 654. The highest BCUT2D eigenvalue weighted by molar-refractivity contribution is 5.96. The number of phenols is 1. The van der Waals surface area contributed by atoms with E-state index in [9.17, 15) is 13.9 Å². The standard InChI is InChI=1S/C14H15F2NO2/c1-6(2)8-4-7(17)5-9-10(8)14(19-3)12(16)13(18)11(9)15/h4-6,18H,17H2,1-3H3. The minimum absolute atomic E-state index is 0.00300. The van der Waals surface area contributed by atoms with Crippen molar-refractivity contribution < 1.29 is 18.6 Å². The van der Waals surface area contributed by atoms with Crippen LogP contribution in [0, 0.1) is 11.6 Å². The predicted octanol–water partition coefficient (Wildman–Crippen LogP) is 3.54. The summed E-state index contributed by atoms with van der Waals surface area (Å²) in [5, 5.41) is 9.83. The number of rotatable bonds is 2. The molecule has 0 aliphatic heterocycles. The largest absolute Gasteiger partial charge is 0.503 e. The smallest absolute Gasteiger partial charge is 0.210 e. The summed E-state index contributed by atoms with van der Waals surface area (Å²) in [5.74, 6) is -3.34. The second kappa shape index (κ2) is 4.57. The van der Waals surface area contributed by atoms with Crippen LogP contribution in [0.25, 0.3) is 10.8 Å². The van der Waals surface area contributed by atoms with Gasteiger partial charge >= 0.3 is 0 Å². The maximum absolute atomic E-state index is 14.0. The van der Waals surface area contributed by atoms with Gasteiger partial charge in [0.15, 0.2) is 17.3 Å². The van der Waals surface area contributed by atoms with E-state index in [1.807, 2.05) is 13.8 Å². The van der Waals surface area contributed by atoms with Gasteiger partial charge in [-0.3, -0.25) is 0 Å². The molecule has 0 fully saturated rings. The molecule has 2 aromatic rings. The van der Waals surface area contributed by atoms with Crippen LogP contribution < -0.4 is 10.5 Å². The normalized spacial score (nSPS) is 11.3. The van der Waals surface area contributed by atoms with Gasteiger partial charge in [0.25, 0.3) is 0 Å². The van der Waals surface area contributed by atoms with Crippen LogP contribution in [0.15, 0.2) is 12.1 Å². The van der Waals surface area contributed by atoms with E-state index in [1.165, 1.54) is 13.2 Å². The molecule has 0 amide bonds. The third-order valence-corrected chi connectivity index (χ3v) is 3.10. The van der Waals surface area contributed by atoms with E-state index in [0.717, 1.165) is 0 Å². The van der Waals surface area contributed by atoms with Gasteiger partial charge in [0.05, 0.1) is 7.11 Å². The second-order valence-corrected chi connectivity index (χ2v) is 4.70. The number of nitrogen functional groups attached to an aromatic ring is 1. The third-order valence-electron chi connectivity index (χ3n) is 3.10. The minimum Gasteiger partial charge on any atom is -0.503 e. The third kappa shape index (κ3) is 1.95. The van der Waals surface area contributed by atoms with Crippen molar-refractivity contribution >= 4 is 16.5 Å². The van der Waals surface area contributed by atoms with Gasteiger partial charge in [0, 0.05) is 16.5 Å². The highest BCUT2D eigenvalue weighted by Gasteiger charge is 2.23. The van der Waals surface area contributed by atoms with Gasteiger partial charge in [-0.15, -0.1) is 0 Å². The summed E-state index contributed by atoms with van der Waals surface area (Å²) in [4.78, 5) is 0. The Kier molecular flexibility index (Phi) is 3.22. The van der Waals surface area contributed by atoms with E-state index in [0.29, 0.717) is 16.6 Å². The van der Waals surface area contributed by atoms with E-state index in [4.69, 9.17) is 10.5 Å². The van der Waals surface area contributed by atoms with E-state index < -0.39 is 17.4 Å². The molecule has 2 aromatic carbocycles. The first-order valence-electron chi connectivity index (χ1n) is 5.85. The number of nitrogens with two attached hydrogens (primary N) is 1. The van der Waals surface area contributed by atoms with Crippen LogP contribution in [0.2, 0.25) is 0 Å². The van der Waals surface area contributed by atoms with Gasteiger partial charge in [-0.1, -0.05) is 13.8 Å². The molecule has 0 unspecified atom stereocenters.